The lowest BCUT2D eigenvalue weighted by Crippen LogP contribution is -2.39. The summed E-state index contributed by atoms with van der Waals surface area (Å²) in [5, 5.41) is 2.97. The molecule has 0 unspecified atom stereocenters. The lowest BCUT2D eigenvalue weighted by molar-refractivity contribution is -0.124. The summed E-state index contributed by atoms with van der Waals surface area (Å²) in [6.07, 6.45) is 6.09. The number of amides is 1. The molecule has 0 heterocycles. The van der Waals surface area contributed by atoms with E-state index in [1.165, 1.54) is 18.6 Å². The van der Waals surface area contributed by atoms with E-state index >= 15 is 0 Å². The van der Waals surface area contributed by atoms with Crippen LogP contribution in [-0.2, 0) is 4.79 Å². The summed E-state index contributed by atoms with van der Waals surface area (Å²) in [6, 6.07) is 6.17. The van der Waals surface area contributed by atoms with Crippen LogP contribution in [-0.4, -0.2) is 12.5 Å². The van der Waals surface area contributed by atoms with Gasteiger partial charge in [-0.3, -0.25) is 4.79 Å². The molecule has 21 heavy (non-hydrogen) atoms. The normalized spacial score (nSPS) is 19.0. The van der Waals surface area contributed by atoms with Crippen LogP contribution in [0.25, 0.3) is 0 Å². The topological polar surface area (TPSA) is 55.1 Å². The van der Waals surface area contributed by atoms with Gasteiger partial charge in [0.15, 0.2) is 0 Å². The molecule has 1 aromatic carbocycles. The molecule has 1 fully saturated rings. The highest BCUT2D eigenvalue weighted by Crippen LogP contribution is 2.38. The second-order valence-corrected chi connectivity index (χ2v) is 6.29. The molecule has 1 amide bonds. The van der Waals surface area contributed by atoms with E-state index < -0.39 is 0 Å². The molecule has 4 heteroatoms. The van der Waals surface area contributed by atoms with Crippen LogP contribution in [0.2, 0.25) is 0 Å². The van der Waals surface area contributed by atoms with E-state index in [0.29, 0.717) is 13.0 Å². The Morgan fingerprint density at radius 1 is 1.38 bits per heavy atom. The van der Waals surface area contributed by atoms with E-state index in [1.807, 2.05) is 13.0 Å². The number of nitrogens with two attached hydrogens (primary N) is 1. The van der Waals surface area contributed by atoms with Gasteiger partial charge in [-0.1, -0.05) is 31.4 Å². The van der Waals surface area contributed by atoms with Crippen LogP contribution >= 0.6 is 0 Å². The quantitative estimate of drug-likeness (QED) is 0.875. The maximum Gasteiger partial charge on any atom is 0.221 e. The van der Waals surface area contributed by atoms with Crippen LogP contribution in [0.4, 0.5) is 4.39 Å². The first-order valence-electron chi connectivity index (χ1n) is 7.80. The molecule has 0 spiro atoms. The van der Waals surface area contributed by atoms with Crippen molar-refractivity contribution in [3.63, 3.8) is 0 Å². The summed E-state index contributed by atoms with van der Waals surface area (Å²) >= 11 is 0. The summed E-state index contributed by atoms with van der Waals surface area (Å²) in [7, 11) is 0. The molecule has 3 N–H and O–H groups in total. The van der Waals surface area contributed by atoms with Gasteiger partial charge >= 0.3 is 0 Å². The van der Waals surface area contributed by atoms with Crippen molar-refractivity contribution in [3.05, 3.63) is 35.6 Å². The van der Waals surface area contributed by atoms with Crippen molar-refractivity contribution in [2.24, 2.45) is 11.1 Å². The number of hydrogen-bond acceptors (Lipinski definition) is 2. The smallest absolute Gasteiger partial charge is 0.221 e. The minimum Gasteiger partial charge on any atom is -0.350 e. The van der Waals surface area contributed by atoms with Gasteiger partial charge < -0.3 is 11.1 Å². The van der Waals surface area contributed by atoms with Gasteiger partial charge in [0.25, 0.3) is 0 Å². The van der Waals surface area contributed by atoms with Gasteiger partial charge in [-0.05, 0) is 49.4 Å². The van der Waals surface area contributed by atoms with E-state index in [9.17, 15) is 9.18 Å². The maximum atomic E-state index is 13.2. The number of benzene rings is 1. The summed E-state index contributed by atoms with van der Waals surface area (Å²) in [4.78, 5) is 12.3. The number of rotatable bonds is 5. The Hall–Kier alpha value is -1.42. The van der Waals surface area contributed by atoms with E-state index in [-0.39, 0.29) is 23.2 Å². The van der Waals surface area contributed by atoms with Crippen molar-refractivity contribution < 1.29 is 9.18 Å². The first kappa shape index (κ1) is 16.0. The van der Waals surface area contributed by atoms with Crippen molar-refractivity contribution >= 4 is 5.91 Å². The number of nitrogens with one attached hydrogen (secondary N) is 1. The van der Waals surface area contributed by atoms with E-state index in [4.69, 9.17) is 5.73 Å². The Balaban J connectivity index is 1.94. The fourth-order valence-corrected chi connectivity index (χ4v) is 3.25. The molecule has 0 radical (unpaired) electrons. The lowest BCUT2D eigenvalue weighted by atomic mass is 9.71. The number of carbonyl (C=O) groups is 1. The molecule has 0 aromatic heterocycles. The predicted molar refractivity (Wildman–Crippen MR) is 82.1 cm³/mol. The first-order chi connectivity index (χ1) is 10.0. The van der Waals surface area contributed by atoms with Crippen LogP contribution in [0.3, 0.4) is 0 Å². The van der Waals surface area contributed by atoms with Crippen LogP contribution in [0.5, 0.6) is 0 Å². The first-order valence-corrected chi connectivity index (χ1v) is 7.80. The molecular formula is C17H25FN2O. The van der Waals surface area contributed by atoms with Crippen LogP contribution in [0, 0.1) is 11.2 Å². The number of carbonyl (C=O) groups excluding carboxylic acids is 1. The Bertz CT molecular complexity index is 483. The molecule has 0 saturated heterocycles. The zero-order chi connectivity index (χ0) is 15.3. The molecule has 3 nitrogen and oxygen atoms in total. The third-order valence-corrected chi connectivity index (χ3v) is 4.61. The van der Waals surface area contributed by atoms with Crippen LogP contribution in [0.1, 0.15) is 57.1 Å². The van der Waals surface area contributed by atoms with Gasteiger partial charge in [0, 0.05) is 6.42 Å². The molecule has 0 bridgehead atoms. The summed E-state index contributed by atoms with van der Waals surface area (Å²) < 4.78 is 13.2. The molecule has 1 saturated carbocycles. The maximum absolute atomic E-state index is 13.2. The number of halogens is 1. The van der Waals surface area contributed by atoms with Gasteiger partial charge in [0.05, 0.1) is 6.04 Å². The second kappa shape index (κ2) is 7.03. The largest absolute Gasteiger partial charge is 0.350 e. The van der Waals surface area contributed by atoms with Crippen molar-refractivity contribution in [1.29, 1.82) is 0 Å². The third-order valence-electron chi connectivity index (χ3n) is 4.61. The highest BCUT2D eigenvalue weighted by molar-refractivity contribution is 5.77. The Labute approximate surface area is 126 Å². The van der Waals surface area contributed by atoms with Gasteiger partial charge in [-0.2, -0.15) is 0 Å². The minimum absolute atomic E-state index is 0.0131. The summed E-state index contributed by atoms with van der Waals surface area (Å²) in [5.41, 5.74) is 6.67. The zero-order valence-corrected chi connectivity index (χ0v) is 12.7. The predicted octanol–water partition coefficient (Wildman–Crippen LogP) is 3.30. The molecule has 116 valence electrons. The monoisotopic (exact) mass is 292 g/mol. The van der Waals surface area contributed by atoms with Crippen molar-refractivity contribution in [3.8, 4) is 0 Å². The molecule has 1 atom stereocenters. The van der Waals surface area contributed by atoms with Crippen LogP contribution < -0.4 is 11.1 Å². The number of hydrogen-bond donors (Lipinski definition) is 2. The fourth-order valence-electron chi connectivity index (χ4n) is 3.25. The van der Waals surface area contributed by atoms with Gasteiger partial charge in [-0.15, -0.1) is 0 Å². The van der Waals surface area contributed by atoms with Crippen molar-refractivity contribution in [2.75, 3.05) is 6.54 Å². The minimum atomic E-state index is -0.278. The molecular weight excluding hydrogens is 267 g/mol. The highest BCUT2D eigenvalue weighted by atomic mass is 19.1. The van der Waals surface area contributed by atoms with E-state index in [0.717, 1.165) is 31.2 Å². The second-order valence-electron chi connectivity index (χ2n) is 6.29. The highest BCUT2D eigenvalue weighted by Gasteiger charge is 2.33. The summed E-state index contributed by atoms with van der Waals surface area (Å²) in [6.45, 7) is 2.44. The van der Waals surface area contributed by atoms with Crippen LogP contribution in [0.15, 0.2) is 24.3 Å². The van der Waals surface area contributed by atoms with E-state index in [1.54, 1.807) is 6.07 Å². The van der Waals surface area contributed by atoms with Crippen molar-refractivity contribution in [2.45, 2.75) is 51.5 Å². The standard InChI is InChI=1S/C17H25FN2O/c1-13(14-6-5-7-15(18)10-14)20-16(21)11-17(12-19)8-3-2-4-9-17/h5-7,10,13H,2-4,8-9,11-12,19H2,1H3,(H,20,21)/t13-/m1/s1. The molecule has 0 aliphatic heterocycles. The Morgan fingerprint density at radius 2 is 2.10 bits per heavy atom. The van der Waals surface area contributed by atoms with Crippen molar-refractivity contribution in [1.82, 2.24) is 5.32 Å². The Morgan fingerprint density at radius 3 is 2.71 bits per heavy atom. The SMILES string of the molecule is C[C@@H](NC(=O)CC1(CN)CCCCC1)c1cccc(F)c1. The molecule has 1 aromatic rings. The average Bonchev–Trinajstić information content (AvgIpc) is 2.48. The lowest BCUT2D eigenvalue weighted by Gasteiger charge is -2.36. The molecule has 1 aliphatic rings. The van der Waals surface area contributed by atoms with Gasteiger partial charge in [-0.25, -0.2) is 4.39 Å². The fraction of sp³-hybridized carbons (Fsp3) is 0.588. The van der Waals surface area contributed by atoms with Gasteiger partial charge in [0.1, 0.15) is 5.82 Å². The third kappa shape index (κ3) is 4.27. The Kier molecular flexibility index (Phi) is 5.34. The van der Waals surface area contributed by atoms with Gasteiger partial charge in [0.2, 0.25) is 5.91 Å². The molecule has 2 rings (SSSR count). The zero-order valence-electron chi connectivity index (χ0n) is 12.7. The van der Waals surface area contributed by atoms with E-state index in [2.05, 4.69) is 5.32 Å². The molecule has 1 aliphatic carbocycles. The summed E-state index contributed by atoms with van der Waals surface area (Å²) in [5.74, 6) is -0.265. The average molecular weight is 292 g/mol.